The number of ether oxygens (including phenoxy) is 1. The third kappa shape index (κ3) is 3.52. The fourth-order valence-corrected chi connectivity index (χ4v) is 3.87. The predicted molar refractivity (Wildman–Crippen MR) is 88.2 cm³/mol. The summed E-state index contributed by atoms with van der Waals surface area (Å²) in [6.45, 7) is 3.91. The van der Waals surface area contributed by atoms with E-state index >= 15 is 0 Å². The first kappa shape index (κ1) is 16.3. The van der Waals surface area contributed by atoms with Crippen LogP contribution < -0.4 is 9.62 Å². The number of hydrogen-bond donors (Lipinski definition) is 1. The third-order valence-electron chi connectivity index (χ3n) is 3.60. The van der Waals surface area contributed by atoms with Gasteiger partial charge in [0.05, 0.1) is 13.2 Å². The molecule has 124 valence electrons. The van der Waals surface area contributed by atoms with Crippen molar-refractivity contribution in [1.82, 2.24) is 14.7 Å². The number of pyridine rings is 1. The Kier molecular flexibility index (Phi) is 4.62. The van der Waals surface area contributed by atoms with Crippen LogP contribution in [0.3, 0.4) is 0 Å². The maximum atomic E-state index is 11.7. The highest BCUT2D eigenvalue weighted by Gasteiger charge is 2.25. The Balaban J connectivity index is 1.76. The monoisotopic (exact) mass is 354 g/mol. The molecule has 2 aromatic rings. The first-order valence-corrected chi connectivity index (χ1v) is 9.54. The fraction of sp³-hybridized carbons (Fsp3) is 0.429. The molecular formula is C14H18N4O3S2. The van der Waals surface area contributed by atoms with Crippen LogP contribution in [-0.2, 0) is 14.8 Å². The smallest absolute Gasteiger partial charge is 0.241 e. The standard InChI is InChI=1S/C14H18N4O3S2/c1-10-9-22-14(17-10)12-8-18(5-6-21-12)13-4-3-11(7-16-13)23(19,20)15-2/h3-4,7,9,12,15H,5-6,8H2,1-2H3. The minimum absolute atomic E-state index is 0.0787. The normalized spacial score (nSPS) is 19.0. The zero-order chi connectivity index (χ0) is 16.4. The molecule has 1 N–H and O–H groups in total. The number of anilines is 1. The molecule has 9 heteroatoms. The van der Waals surface area contributed by atoms with Crippen molar-refractivity contribution < 1.29 is 13.2 Å². The molecule has 0 spiro atoms. The number of morpholine rings is 1. The second-order valence-corrected chi connectivity index (χ2v) is 7.97. The molecular weight excluding hydrogens is 336 g/mol. The molecule has 0 aromatic carbocycles. The topological polar surface area (TPSA) is 84.4 Å². The van der Waals surface area contributed by atoms with Crippen LogP contribution in [0.5, 0.6) is 0 Å². The van der Waals surface area contributed by atoms with Gasteiger partial charge in [0, 0.05) is 23.8 Å². The Hall–Kier alpha value is -1.55. The maximum Gasteiger partial charge on any atom is 0.241 e. The molecule has 1 aliphatic heterocycles. The molecule has 0 amide bonds. The number of sulfonamides is 1. The van der Waals surface area contributed by atoms with Crippen molar-refractivity contribution in [2.75, 3.05) is 31.6 Å². The van der Waals surface area contributed by atoms with E-state index in [2.05, 4.69) is 19.6 Å². The van der Waals surface area contributed by atoms with Crippen LogP contribution in [0.4, 0.5) is 5.82 Å². The Morgan fingerprint density at radius 3 is 2.87 bits per heavy atom. The molecule has 1 saturated heterocycles. The molecule has 1 atom stereocenters. The van der Waals surface area contributed by atoms with Gasteiger partial charge in [-0.3, -0.25) is 0 Å². The predicted octanol–water partition coefficient (Wildman–Crippen LogP) is 1.33. The summed E-state index contributed by atoms with van der Waals surface area (Å²) in [5, 5.41) is 2.97. The van der Waals surface area contributed by atoms with Gasteiger partial charge in [-0.1, -0.05) is 0 Å². The van der Waals surface area contributed by atoms with Crippen molar-refractivity contribution in [3.05, 3.63) is 34.4 Å². The Morgan fingerprint density at radius 2 is 2.26 bits per heavy atom. The Morgan fingerprint density at radius 1 is 1.43 bits per heavy atom. The summed E-state index contributed by atoms with van der Waals surface area (Å²) in [6, 6.07) is 3.28. The molecule has 0 saturated carbocycles. The average Bonchev–Trinajstić information content (AvgIpc) is 3.02. The number of aryl methyl sites for hydroxylation is 1. The van der Waals surface area contributed by atoms with E-state index in [-0.39, 0.29) is 11.0 Å². The number of hydrogen-bond acceptors (Lipinski definition) is 7. The van der Waals surface area contributed by atoms with Crippen molar-refractivity contribution in [1.29, 1.82) is 0 Å². The molecule has 0 radical (unpaired) electrons. The van der Waals surface area contributed by atoms with E-state index in [1.54, 1.807) is 23.5 Å². The Bertz CT molecular complexity index is 774. The van der Waals surface area contributed by atoms with Gasteiger partial charge in [-0.2, -0.15) is 0 Å². The van der Waals surface area contributed by atoms with E-state index in [4.69, 9.17) is 4.74 Å². The number of nitrogens with one attached hydrogen (secondary N) is 1. The second-order valence-electron chi connectivity index (χ2n) is 5.19. The van der Waals surface area contributed by atoms with Gasteiger partial charge in [-0.05, 0) is 26.1 Å². The minimum atomic E-state index is -3.46. The quantitative estimate of drug-likeness (QED) is 0.892. The van der Waals surface area contributed by atoms with E-state index in [0.29, 0.717) is 19.7 Å². The summed E-state index contributed by atoms with van der Waals surface area (Å²) in [5.41, 5.74) is 0.991. The van der Waals surface area contributed by atoms with Gasteiger partial charge in [0.25, 0.3) is 0 Å². The summed E-state index contributed by atoms with van der Waals surface area (Å²) in [5.74, 6) is 0.738. The van der Waals surface area contributed by atoms with Crippen LogP contribution in [0.15, 0.2) is 28.6 Å². The van der Waals surface area contributed by atoms with E-state index in [1.165, 1.54) is 13.2 Å². The number of nitrogens with zero attached hydrogens (tertiary/aromatic N) is 3. The highest BCUT2D eigenvalue weighted by molar-refractivity contribution is 7.89. The molecule has 0 aliphatic carbocycles. The van der Waals surface area contributed by atoms with Crippen LogP contribution in [-0.4, -0.2) is 45.1 Å². The van der Waals surface area contributed by atoms with Gasteiger partial charge < -0.3 is 9.64 Å². The van der Waals surface area contributed by atoms with E-state index < -0.39 is 10.0 Å². The zero-order valence-electron chi connectivity index (χ0n) is 12.9. The summed E-state index contributed by atoms with van der Waals surface area (Å²) in [4.78, 5) is 11.0. The van der Waals surface area contributed by atoms with Crippen molar-refractivity contribution in [3.63, 3.8) is 0 Å². The van der Waals surface area contributed by atoms with Gasteiger partial charge in [0.1, 0.15) is 21.8 Å². The van der Waals surface area contributed by atoms with Gasteiger partial charge >= 0.3 is 0 Å². The lowest BCUT2D eigenvalue weighted by atomic mass is 10.2. The second kappa shape index (κ2) is 6.52. The molecule has 7 nitrogen and oxygen atoms in total. The molecule has 1 aliphatic rings. The molecule has 3 rings (SSSR count). The minimum Gasteiger partial charge on any atom is -0.367 e. The number of thiazole rings is 1. The van der Waals surface area contributed by atoms with Crippen molar-refractivity contribution in [3.8, 4) is 0 Å². The largest absolute Gasteiger partial charge is 0.367 e. The molecule has 3 heterocycles. The van der Waals surface area contributed by atoms with Crippen molar-refractivity contribution in [2.24, 2.45) is 0 Å². The highest BCUT2D eigenvalue weighted by Crippen LogP contribution is 2.27. The maximum absolute atomic E-state index is 11.7. The van der Waals surface area contributed by atoms with Gasteiger partial charge in [-0.25, -0.2) is 23.1 Å². The molecule has 0 bridgehead atoms. The fourth-order valence-electron chi connectivity index (χ4n) is 2.36. The van der Waals surface area contributed by atoms with E-state index in [1.807, 2.05) is 12.3 Å². The summed E-state index contributed by atoms with van der Waals surface area (Å²) in [6.07, 6.45) is 1.30. The van der Waals surface area contributed by atoms with Gasteiger partial charge in [-0.15, -0.1) is 11.3 Å². The van der Waals surface area contributed by atoms with E-state index in [0.717, 1.165) is 16.5 Å². The molecule has 1 unspecified atom stereocenters. The van der Waals surface area contributed by atoms with Crippen LogP contribution in [0.2, 0.25) is 0 Å². The Labute approximate surface area is 139 Å². The van der Waals surface area contributed by atoms with Crippen molar-refractivity contribution >= 4 is 27.2 Å². The third-order valence-corrected chi connectivity index (χ3v) is 6.06. The number of aromatic nitrogens is 2. The van der Waals surface area contributed by atoms with E-state index in [9.17, 15) is 8.42 Å². The molecule has 1 fully saturated rings. The summed E-state index contributed by atoms with van der Waals surface area (Å²) < 4.78 is 31.5. The molecule has 2 aromatic heterocycles. The SMILES string of the molecule is CNS(=O)(=O)c1ccc(N2CCOC(c3nc(C)cs3)C2)nc1. The van der Waals surface area contributed by atoms with Gasteiger partial charge in [0.15, 0.2) is 0 Å². The van der Waals surface area contributed by atoms with Crippen LogP contribution in [0.1, 0.15) is 16.8 Å². The van der Waals surface area contributed by atoms with Crippen molar-refractivity contribution in [2.45, 2.75) is 17.9 Å². The van der Waals surface area contributed by atoms with Crippen LogP contribution in [0.25, 0.3) is 0 Å². The highest BCUT2D eigenvalue weighted by atomic mass is 32.2. The van der Waals surface area contributed by atoms with Crippen LogP contribution in [0, 0.1) is 6.92 Å². The first-order chi connectivity index (χ1) is 11.0. The average molecular weight is 354 g/mol. The lowest BCUT2D eigenvalue weighted by Gasteiger charge is -2.32. The van der Waals surface area contributed by atoms with Gasteiger partial charge in [0.2, 0.25) is 10.0 Å². The molecule has 23 heavy (non-hydrogen) atoms. The number of rotatable bonds is 4. The first-order valence-electron chi connectivity index (χ1n) is 7.18. The van der Waals surface area contributed by atoms with Crippen LogP contribution >= 0.6 is 11.3 Å². The summed E-state index contributed by atoms with van der Waals surface area (Å²) in [7, 11) is -2.08. The zero-order valence-corrected chi connectivity index (χ0v) is 14.5. The lowest BCUT2D eigenvalue weighted by molar-refractivity contribution is 0.0393. The lowest BCUT2D eigenvalue weighted by Crippen LogP contribution is -2.38. The summed E-state index contributed by atoms with van der Waals surface area (Å²) >= 11 is 1.59.